The van der Waals surface area contributed by atoms with Crippen LogP contribution in [0.1, 0.15) is 5.56 Å². The van der Waals surface area contributed by atoms with Gasteiger partial charge in [0.2, 0.25) is 0 Å². The number of carbonyl (C=O) groups is 1. The van der Waals surface area contributed by atoms with E-state index < -0.39 is 11.8 Å². The molecule has 0 amide bonds. The third-order valence-corrected chi connectivity index (χ3v) is 1.14. The number of hydrogen-bond acceptors (Lipinski definition) is 3. The van der Waals surface area contributed by atoms with E-state index in [0.717, 1.165) is 12.3 Å². The molecule has 0 spiro atoms. The number of hydrogen-bond donors (Lipinski definition) is 0. The fourth-order valence-corrected chi connectivity index (χ4v) is 0.684. The monoisotopic (exact) mass is 166 g/mol. The summed E-state index contributed by atoms with van der Waals surface area (Å²) in [4.78, 5) is 13.5. The summed E-state index contributed by atoms with van der Waals surface area (Å²) in [5.41, 5.74) is 0.388. The van der Waals surface area contributed by atoms with Gasteiger partial charge in [-0.15, -0.1) is 0 Å². The van der Waals surface area contributed by atoms with Crippen LogP contribution in [0.25, 0.3) is 6.08 Å². The third kappa shape index (κ3) is 2.49. The summed E-state index contributed by atoms with van der Waals surface area (Å²) >= 11 is 0. The van der Waals surface area contributed by atoms with Gasteiger partial charge >= 0.3 is 0 Å². The summed E-state index contributed by atoms with van der Waals surface area (Å²) in [5.74, 6) is -1.82. The minimum atomic E-state index is -1.32. The van der Waals surface area contributed by atoms with Crippen molar-refractivity contribution in [2.75, 3.05) is 0 Å². The van der Waals surface area contributed by atoms with E-state index >= 15 is 0 Å². The van der Waals surface area contributed by atoms with Crippen molar-refractivity contribution in [3.63, 3.8) is 0 Å². The molecule has 4 heteroatoms. The zero-order chi connectivity index (χ0) is 8.97. The third-order valence-electron chi connectivity index (χ3n) is 1.14. The summed E-state index contributed by atoms with van der Waals surface area (Å²) in [7, 11) is 0. The maximum Gasteiger partial charge on any atom is 0.142 e. The molecule has 0 N–H and O–H groups in total. The molecule has 1 aromatic rings. The van der Waals surface area contributed by atoms with E-state index in [1.165, 1.54) is 18.3 Å². The Bertz CT molecular complexity index is 323. The number of carboxylic acids is 1. The minimum absolute atomic E-state index is 0.388. The van der Waals surface area contributed by atoms with Crippen molar-refractivity contribution in [2.24, 2.45) is 0 Å². The van der Waals surface area contributed by atoms with Crippen LogP contribution in [0.15, 0.2) is 24.5 Å². The van der Waals surface area contributed by atoms with Gasteiger partial charge in [-0.05, 0) is 17.7 Å². The largest absolute Gasteiger partial charge is 0.545 e. The smallest absolute Gasteiger partial charge is 0.142 e. The Morgan fingerprint density at radius 1 is 1.58 bits per heavy atom. The summed E-state index contributed by atoms with van der Waals surface area (Å²) in [5, 5.41) is 9.95. The van der Waals surface area contributed by atoms with Crippen molar-refractivity contribution in [3.05, 3.63) is 35.9 Å². The number of aliphatic carboxylic acids is 1. The molecule has 0 bridgehead atoms. The second kappa shape index (κ2) is 3.61. The van der Waals surface area contributed by atoms with Gasteiger partial charge in [0, 0.05) is 6.20 Å². The van der Waals surface area contributed by atoms with Gasteiger partial charge in [0.05, 0.1) is 12.2 Å². The lowest BCUT2D eigenvalue weighted by atomic mass is 10.2. The predicted molar refractivity (Wildman–Crippen MR) is 38.2 cm³/mol. The molecule has 0 unspecified atom stereocenters. The molecule has 0 radical (unpaired) electrons. The van der Waals surface area contributed by atoms with E-state index in [-0.39, 0.29) is 0 Å². The second-order valence-electron chi connectivity index (χ2n) is 2.09. The standard InChI is InChI=1S/C8H6FNO2/c9-7-3-6(4-10-5-7)1-2-8(11)12/h1-5H,(H,11,12)/p-1/b2-1+. The maximum atomic E-state index is 12.4. The van der Waals surface area contributed by atoms with Crippen LogP contribution >= 0.6 is 0 Å². The average molecular weight is 166 g/mol. The molecule has 12 heavy (non-hydrogen) atoms. The van der Waals surface area contributed by atoms with Crippen molar-refractivity contribution in [3.8, 4) is 0 Å². The zero-order valence-corrected chi connectivity index (χ0v) is 6.03. The highest BCUT2D eigenvalue weighted by Crippen LogP contribution is 2.02. The first-order chi connectivity index (χ1) is 5.68. The van der Waals surface area contributed by atoms with Crippen molar-refractivity contribution in [1.29, 1.82) is 0 Å². The van der Waals surface area contributed by atoms with Crippen molar-refractivity contribution < 1.29 is 14.3 Å². The predicted octanol–water partition coefficient (Wildman–Crippen LogP) is -0.0162. The van der Waals surface area contributed by atoms with E-state index in [4.69, 9.17) is 0 Å². The molecule has 0 atom stereocenters. The van der Waals surface area contributed by atoms with E-state index in [0.29, 0.717) is 5.56 Å². The first-order valence-electron chi connectivity index (χ1n) is 3.18. The minimum Gasteiger partial charge on any atom is -0.545 e. The van der Waals surface area contributed by atoms with Gasteiger partial charge in [0.1, 0.15) is 5.82 Å². The van der Waals surface area contributed by atoms with Gasteiger partial charge in [0.15, 0.2) is 0 Å². The summed E-state index contributed by atoms with van der Waals surface area (Å²) in [6, 6.07) is 1.17. The topological polar surface area (TPSA) is 53.0 Å². The highest BCUT2D eigenvalue weighted by atomic mass is 19.1. The van der Waals surface area contributed by atoms with Crippen LogP contribution in [-0.4, -0.2) is 11.0 Å². The van der Waals surface area contributed by atoms with Crippen LogP contribution < -0.4 is 5.11 Å². The quantitative estimate of drug-likeness (QED) is 0.580. The lowest BCUT2D eigenvalue weighted by Crippen LogP contribution is -2.18. The number of aromatic nitrogens is 1. The summed E-state index contributed by atoms with van der Waals surface area (Å²) in [6.07, 6.45) is 4.42. The molecule has 0 aromatic carbocycles. The van der Waals surface area contributed by atoms with Crippen LogP contribution in [0.5, 0.6) is 0 Å². The van der Waals surface area contributed by atoms with Gasteiger partial charge in [-0.25, -0.2) is 4.39 Å². The maximum absolute atomic E-state index is 12.4. The van der Waals surface area contributed by atoms with Crippen LogP contribution in [-0.2, 0) is 4.79 Å². The van der Waals surface area contributed by atoms with Crippen LogP contribution in [0, 0.1) is 5.82 Å². The summed E-state index contributed by atoms with van der Waals surface area (Å²) in [6.45, 7) is 0. The highest BCUT2D eigenvalue weighted by molar-refractivity contribution is 5.83. The zero-order valence-electron chi connectivity index (χ0n) is 6.03. The molecule has 1 rings (SSSR count). The molecular formula is C8H5FNO2-. The lowest BCUT2D eigenvalue weighted by Gasteiger charge is -1.93. The first-order valence-corrected chi connectivity index (χ1v) is 3.18. The van der Waals surface area contributed by atoms with E-state index in [2.05, 4.69) is 4.98 Å². The van der Waals surface area contributed by atoms with Gasteiger partial charge < -0.3 is 9.90 Å². The number of rotatable bonds is 2. The van der Waals surface area contributed by atoms with Crippen molar-refractivity contribution in [2.45, 2.75) is 0 Å². The van der Waals surface area contributed by atoms with E-state index in [1.54, 1.807) is 0 Å². The Morgan fingerprint density at radius 3 is 2.92 bits per heavy atom. The van der Waals surface area contributed by atoms with E-state index in [9.17, 15) is 14.3 Å². The molecule has 3 nitrogen and oxygen atoms in total. The molecule has 1 heterocycles. The van der Waals surface area contributed by atoms with Gasteiger partial charge in [-0.1, -0.05) is 6.08 Å². The van der Waals surface area contributed by atoms with Gasteiger partial charge in [-0.3, -0.25) is 4.98 Å². The lowest BCUT2D eigenvalue weighted by molar-refractivity contribution is -0.297. The molecule has 0 saturated heterocycles. The number of halogens is 1. The molecule has 0 fully saturated rings. The molecule has 0 aliphatic carbocycles. The fraction of sp³-hybridized carbons (Fsp3) is 0. The molecule has 0 saturated carbocycles. The number of carbonyl (C=O) groups excluding carboxylic acids is 1. The van der Waals surface area contributed by atoms with Crippen LogP contribution in [0.3, 0.4) is 0 Å². The van der Waals surface area contributed by atoms with Crippen LogP contribution in [0.4, 0.5) is 4.39 Å². The molecule has 0 aliphatic heterocycles. The fourth-order valence-electron chi connectivity index (χ4n) is 0.684. The molecular weight excluding hydrogens is 161 g/mol. The number of pyridine rings is 1. The van der Waals surface area contributed by atoms with Gasteiger partial charge in [-0.2, -0.15) is 0 Å². The Balaban J connectivity index is 2.83. The Morgan fingerprint density at radius 2 is 2.33 bits per heavy atom. The van der Waals surface area contributed by atoms with Crippen molar-refractivity contribution in [1.82, 2.24) is 4.98 Å². The van der Waals surface area contributed by atoms with Gasteiger partial charge in [0.25, 0.3) is 0 Å². The Kier molecular flexibility index (Phi) is 2.53. The summed E-state index contributed by atoms with van der Waals surface area (Å²) < 4.78 is 12.4. The average Bonchev–Trinajstić information content (AvgIpc) is 2.01. The Labute approximate surface area is 68.2 Å². The van der Waals surface area contributed by atoms with E-state index in [1.807, 2.05) is 0 Å². The second-order valence-corrected chi connectivity index (χ2v) is 2.09. The van der Waals surface area contributed by atoms with Crippen LogP contribution in [0.2, 0.25) is 0 Å². The Hall–Kier alpha value is -1.71. The number of nitrogens with zero attached hydrogens (tertiary/aromatic N) is 1. The SMILES string of the molecule is O=C([O-])/C=C/c1cncc(F)c1. The van der Waals surface area contributed by atoms with Crippen molar-refractivity contribution >= 4 is 12.0 Å². The first kappa shape index (κ1) is 8.39. The molecule has 1 aromatic heterocycles. The molecule has 0 aliphatic rings. The highest BCUT2D eigenvalue weighted by Gasteiger charge is 1.90. The molecule has 62 valence electrons. The normalized spacial score (nSPS) is 10.4. The number of carboxylic acid groups (broad SMARTS) is 1.